The van der Waals surface area contributed by atoms with Crippen molar-refractivity contribution in [2.45, 2.75) is 64.3 Å². The van der Waals surface area contributed by atoms with E-state index >= 15 is 0 Å². The van der Waals surface area contributed by atoms with Crippen LogP contribution >= 0.6 is 0 Å². The van der Waals surface area contributed by atoms with Gasteiger partial charge in [0.05, 0.1) is 5.56 Å². The molecular weight excluding hydrogens is 274 g/mol. The smallest absolute Gasteiger partial charge is 0.335 e. The van der Waals surface area contributed by atoms with Gasteiger partial charge in [-0.3, -0.25) is 0 Å². The van der Waals surface area contributed by atoms with E-state index in [1.54, 1.807) is 6.07 Å². The second-order valence-corrected chi connectivity index (χ2v) is 7.50. The Morgan fingerprint density at radius 2 is 1.86 bits per heavy atom. The highest BCUT2D eigenvalue weighted by atomic mass is 16.4. The van der Waals surface area contributed by atoms with Gasteiger partial charge in [0.25, 0.3) is 0 Å². The van der Waals surface area contributed by atoms with Crippen LogP contribution in [0.1, 0.15) is 74.7 Å². The number of aromatic carboxylic acids is 1. The lowest BCUT2D eigenvalue weighted by Gasteiger charge is -2.23. The topological polar surface area (TPSA) is 42.2 Å². The van der Waals surface area contributed by atoms with Crippen molar-refractivity contribution in [3.63, 3.8) is 0 Å². The van der Waals surface area contributed by atoms with Crippen molar-refractivity contribution in [1.29, 1.82) is 0 Å². The fraction of sp³-hybridized carbons (Fsp3) is 0.526. The van der Waals surface area contributed by atoms with Gasteiger partial charge in [0.15, 0.2) is 0 Å². The third-order valence-electron chi connectivity index (χ3n) is 4.85. The standard InChI is InChI=1S/C19H25NO2/c1-19(2,3)20-12-16(13-7-5-4-6-8-13)15-10-9-14(18(21)22)11-17(15)20/h9-13H,4-8H2,1-3H3,(H,21,22). The first kappa shape index (κ1) is 15.1. The summed E-state index contributed by atoms with van der Waals surface area (Å²) in [5, 5.41) is 10.5. The molecule has 1 saturated carbocycles. The third kappa shape index (κ3) is 2.65. The zero-order chi connectivity index (χ0) is 15.9. The highest BCUT2D eigenvalue weighted by Crippen LogP contribution is 2.39. The van der Waals surface area contributed by atoms with E-state index in [1.807, 2.05) is 12.1 Å². The van der Waals surface area contributed by atoms with Crippen LogP contribution in [0, 0.1) is 0 Å². The lowest BCUT2D eigenvalue weighted by atomic mass is 9.84. The predicted octanol–water partition coefficient (Wildman–Crippen LogP) is 5.14. The molecule has 0 radical (unpaired) electrons. The monoisotopic (exact) mass is 299 g/mol. The number of aromatic nitrogens is 1. The van der Waals surface area contributed by atoms with Crippen LogP contribution in [0.25, 0.3) is 10.9 Å². The fourth-order valence-electron chi connectivity index (χ4n) is 3.68. The van der Waals surface area contributed by atoms with E-state index in [0.717, 1.165) is 5.52 Å². The first-order chi connectivity index (χ1) is 10.4. The summed E-state index contributed by atoms with van der Waals surface area (Å²) in [5.41, 5.74) is 2.77. The zero-order valence-corrected chi connectivity index (χ0v) is 13.7. The molecule has 0 unspecified atom stereocenters. The number of hydrogen-bond acceptors (Lipinski definition) is 1. The van der Waals surface area contributed by atoms with Crippen LogP contribution in [0.4, 0.5) is 0 Å². The summed E-state index contributed by atoms with van der Waals surface area (Å²) in [6.07, 6.45) is 8.73. The first-order valence-corrected chi connectivity index (χ1v) is 8.27. The van der Waals surface area contributed by atoms with E-state index in [1.165, 1.54) is 43.1 Å². The largest absolute Gasteiger partial charge is 0.478 e. The average molecular weight is 299 g/mol. The Hall–Kier alpha value is -1.77. The molecule has 0 spiro atoms. The second kappa shape index (κ2) is 5.45. The van der Waals surface area contributed by atoms with Crippen molar-refractivity contribution < 1.29 is 9.90 Å². The van der Waals surface area contributed by atoms with Crippen LogP contribution in [-0.4, -0.2) is 15.6 Å². The molecule has 1 fully saturated rings. The molecule has 0 saturated heterocycles. The van der Waals surface area contributed by atoms with E-state index in [4.69, 9.17) is 0 Å². The molecule has 1 aromatic carbocycles. The SMILES string of the molecule is CC(C)(C)n1cc(C2CCCCC2)c2ccc(C(=O)O)cc21. The Bertz CT molecular complexity index is 700. The van der Waals surface area contributed by atoms with Gasteiger partial charge in [0, 0.05) is 22.6 Å². The molecule has 1 aliphatic carbocycles. The highest BCUT2D eigenvalue weighted by molar-refractivity contribution is 5.95. The average Bonchev–Trinajstić information content (AvgIpc) is 2.86. The summed E-state index contributed by atoms with van der Waals surface area (Å²) >= 11 is 0. The van der Waals surface area contributed by atoms with Crippen LogP contribution < -0.4 is 0 Å². The quantitative estimate of drug-likeness (QED) is 0.834. The number of carbonyl (C=O) groups is 1. The van der Waals surface area contributed by atoms with Crippen LogP contribution in [-0.2, 0) is 5.54 Å². The van der Waals surface area contributed by atoms with E-state index in [2.05, 4.69) is 31.5 Å². The summed E-state index contributed by atoms with van der Waals surface area (Å²) in [6, 6.07) is 5.57. The highest BCUT2D eigenvalue weighted by Gasteiger charge is 2.24. The van der Waals surface area contributed by atoms with Crippen LogP contribution in [0.3, 0.4) is 0 Å². The van der Waals surface area contributed by atoms with Gasteiger partial charge < -0.3 is 9.67 Å². The van der Waals surface area contributed by atoms with Crippen LogP contribution in [0.2, 0.25) is 0 Å². The molecular formula is C19H25NO2. The molecule has 0 amide bonds. The molecule has 1 N–H and O–H groups in total. The van der Waals surface area contributed by atoms with Crippen molar-refractivity contribution in [2.75, 3.05) is 0 Å². The molecule has 3 nitrogen and oxygen atoms in total. The minimum atomic E-state index is -0.859. The molecule has 22 heavy (non-hydrogen) atoms. The minimum absolute atomic E-state index is 0.0533. The van der Waals surface area contributed by atoms with Gasteiger partial charge in [-0.2, -0.15) is 0 Å². The summed E-state index contributed by atoms with van der Waals surface area (Å²) in [4.78, 5) is 11.3. The Balaban J connectivity index is 2.19. The second-order valence-electron chi connectivity index (χ2n) is 7.50. The number of carboxylic acids is 1. The lowest BCUT2D eigenvalue weighted by molar-refractivity contribution is 0.0697. The molecule has 0 aliphatic heterocycles. The van der Waals surface area contributed by atoms with Gasteiger partial charge >= 0.3 is 5.97 Å². The first-order valence-electron chi connectivity index (χ1n) is 8.27. The van der Waals surface area contributed by atoms with Crippen molar-refractivity contribution in [3.8, 4) is 0 Å². The zero-order valence-electron chi connectivity index (χ0n) is 13.7. The molecule has 1 aromatic heterocycles. The van der Waals surface area contributed by atoms with Gasteiger partial charge in [0.2, 0.25) is 0 Å². The van der Waals surface area contributed by atoms with Crippen molar-refractivity contribution in [3.05, 3.63) is 35.5 Å². The number of nitrogens with zero attached hydrogens (tertiary/aromatic N) is 1. The number of benzene rings is 1. The normalized spacial score (nSPS) is 17.0. The van der Waals surface area contributed by atoms with Crippen molar-refractivity contribution >= 4 is 16.9 Å². The van der Waals surface area contributed by atoms with Gasteiger partial charge in [-0.05, 0) is 57.2 Å². The number of carboxylic acid groups (broad SMARTS) is 1. The maximum atomic E-state index is 11.3. The Kier molecular flexibility index (Phi) is 3.75. The fourth-order valence-corrected chi connectivity index (χ4v) is 3.68. The number of rotatable bonds is 2. The van der Waals surface area contributed by atoms with Crippen molar-refractivity contribution in [1.82, 2.24) is 4.57 Å². The predicted molar refractivity (Wildman–Crippen MR) is 89.7 cm³/mol. The summed E-state index contributed by atoms with van der Waals surface area (Å²) in [6.45, 7) is 6.51. The Morgan fingerprint density at radius 1 is 1.18 bits per heavy atom. The molecule has 3 rings (SSSR count). The van der Waals surface area contributed by atoms with E-state index in [0.29, 0.717) is 11.5 Å². The molecule has 0 atom stereocenters. The van der Waals surface area contributed by atoms with Crippen molar-refractivity contribution in [2.24, 2.45) is 0 Å². The van der Waals surface area contributed by atoms with Gasteiger partial charge in [-0.1, -0.05) is 25.3 Å². The van der Waals surface area contributed by atoms with E-state index in [-0.39, 0.29) is 5.54 Å². The third-order valence-corrected chi connectivity index (χ3v) is 4.85. The van der Waals surface area contributed by atoms with E-state index in [9.17, 15) is 9.90 Å². The summed E-state index contributed by atoms with van der Waals surface area (Å²) in [7, 11) is 0. The maximum absolute atomic E-state index is 11.3. The molecule has 1 heterocycles. The maximum Gasteiger partial charge on any atom is 0.335 e. The van der Waals surface area contributed by atoms with Crippen LogP contribution in [0.5, 0.6) is 0 Å². The molecule has 2 aromatic rings. The van der Waals surface area contributed by atoms with Gasteiger partial charge in [-0.25, -0.2) is 4.79 Å². The van der Waals surface area contributed by atoms with Gasteiger partial charge in [0.1, 0.15) is 0 Å². The Labute approximate surface area is 131 Å². The minimum Gasteiger partial charge on any atom is -0.478 e. The van der Waals surface area contributed by atoms with Crippen LogP contribution in [0.15, 0.2) is 24.4 Å². The molecule has 118 valence electrons. The molecule has 1 aliphatic rings. The number of fused-ring (bicyclic) bond motifs is 1. The number of hydrogen-bond donors (Lipinski definition) is 1. The van der Waals surface area contributed by atoms with Gasteiger partial charge in [-0.15, -0.1) is 0 Å². The lowest BCUT2D eigenvalue weighted by Crippen LogP contribution is -2.20. The van der Waals surface area contributed by atoms with E-state index < -0.39 is 5.97 Å². The molecule has 0 bridgehead atoms. The molecule has 3 heteroatoms. The summed E-state index contributed by atoms with van der Waals surface area (Å²) < 4.78 is 2.25. The Morgan fingerprint density at radius 3 is 2.45 bits per heavy atom. The summed E-state index contributed by atoms with van der Waals surface area (Å²) in [5.74, 6) is -0.238.